The summed E-state index contributed by atoms with van der Waals surface area (Å²) in [6, 6.07) is 6.74. The van der Waals surface area contributed by atoms with Gasteiger partial charge < -0.3 is 5.73 Å². The molecule has 0 aliphatic heterocycles. The van der Waals surface area contributed by atoms with E-state index in [9.17, 15) is 26.0 Å². The summed E-state index contributed by atoms with van der Waals surface area (Å²) < 4.78 is 77.1. The molecule has 22 heavy (non-hydrogen) atoms. The van der Waals surface area contributed by atoms with Crippen molar-refractivity contribution >= 4 is 21.4 Å². The van der Waals surface area contributed by atoms with Gasteiger partial charge in [0.1, 0.15) is 10.7 Å². The summed E-state index contributed by atoms with van der Waals surface area (Å²) >= 11 is 0. The van der Waals surface area contributed by atoms with Crippen LogP contribution in [-0.4, -0.2) is 8.42 Å². The smallest absolute Gasteiger partial charge is 0.397 e. The molecule has 0 atom stereocenters. The quantitative estimate of drug-likeness (QED) is 0.669. The van der Waals surface area contributed by atoms with Crippen LogP contribution in [0.1, 0.15) is 5.56 Å². The zero-order valence-electron chi connectivity index (χ0n) is 10.9. The van der Waals surface area contributed by atoms with E-state index in [0.717, 1.165) is 18.2 Å². The van der Waals surface area contributed by atoms with Gasteiger partial charge in [0.25, 0.3) is 10.0 Å². The predicted molar refractivity (Wildman–Crippen MR) is 73.1 cm³/mol. The molecule has 0 aliphatic rings. The van der Waals surface area contributed by atoms with E-state index < -0.39 is 38.2 Å². The highest BCUT2D eigenvalue weighted by Gasteiger charge is 2.31. The number of nitrogens with two attached hydrogens (primary N) is 1. The number of alkyl halides is 3. The number of hydrogen-bond donors (Lipinski definition) is 2. The molecule has 3 N–H and O–H groups in total. The molecule has 0 heterocycles. The van der Waals surface area contributed by atoms with Gasteiger partial charge in [-0.25, -0.2) is 12.8 Å². The van der Waals surface area contributed by atoms with Crippen LogP contribution in [0.25, 0.3) is 0 Å². The fourth-order valence-corrected chi connectivity index (χ4v) is 2.86. The van der Waals surface area contributed by atoms with E-state index in [1.807, 2.05) is 4.72 Å². The molecule has 2 aromatic rings. The van der Waals surface area contributed by atoms with Gasteiger partial charge in [0.15, 0.2) is 0 Å². The topological polar surface area (TPSA) is 72.2 Å². The zero-order chi connectivity index (χ0) is 16.5. The molecule has 2 rings (SSSR count). The first-order valence-corrected chi connectivity index (χ1v) is 7.33. The summed E-state index contributed by atoms with van der Waals surface area (Å²) in [5.41, 5.74) is 3.72. The van der Waals surface area contributed by atoms with Gasteiger partial charge in [-0.15, -0.1) is 0 Å². The Morgan fingerprint density at radius 3 is 2.23 bits per heavy atom. The van der Waals surface area contributed by atoms with Crippen LogP contribution in [-0.2, 0) is 16.2 Å². The van der Waals surface area contributed by atoms with Crippen molar-refractivity contribution in [2.45, 2.75) is 11.1 Å². The van der Waals surface area contributed by atoms with Crippen LogP contribution in [0.4, 0.5) is 28.9 Å². The standard InChI is InChI=1S/C13H10F4N2O2S/c14-9-3-1-2-4-12(9)22(20,21)19-11-6-5-8(7-10(11)18)13(15,16)17/h1-7,19H,18H2. The number of rotatable bonds is 3. The Labute approximate surface area is 123 Å². The Bertz CT molecular complexity index is 804. The SMILES string of the molecule is Nc1cc(C(F)(F)F)ccc1NS(=O)(=O)c1ccccc1F. The van der Waals surface area contributed by atoms with Crippen molar-refractivity contribution in [3.63, 3.8) is 0 Å². The number of anilines is 2. The highest BCUT2D eigenvalue weighted by molar-refractivity contribution is 7.92. The Morgan fingerprint density at radius 1 is 1.05 bits per heavy atom. The lowest BCUT2D eigenvalue weighted by atomic mass is 10.2. The van der Waals surface area contributed by atoms with E-state index in [1.54, 1.807) is 0 Å². The Kier molecular flexibility index (Phi) is 4.01. The van der Waals surface area contributed by atoms with E-state index in [-0.39, 0.29) is 5.69 Å². The van der Waals surface area contributed by atoms with Crippen LogP contribution >= 0.6 is 0 Å². The fraction of sp³-hybridized carbons (Fsp3) is 0.0769. The highest BCUT2D eigenvalue weighted by atomic mass is 32.2. The molecule has 118 valence electrons. The summed E-state index contributed by atoms with van der Waals surface area (Å²) in [6.45, 7) is 0. The largest absolute Gasteiger partial charge is 0.416 e. The predicted octanol–water partition coefficient (Wildman–Crippen LogP) is 3.23. The lowest BCUT2D eigenvalue weighted by Crippen LogP contribution is -2.16. The van der Waals surface area contributed by atoms with E-state index in [2.05, 4.69) is 0 Å². The zero-order valence-corrected chi connectivity index (χ0v) is 11.7. The first-order chi connectivity index (χ1) is 10.1. The van der Waals surface area contributed by atoms with Crippen LogP contribution in [0.2, 0.25) is 0 Å². The molecule has 0 spiro atoms. The van der Waals surface area contributed by atoms with E-state index in [0.29, 0.717) is 12.1 Å². The number of halogens is 4. The van der Waals surface area contributed by atoms with E-state index >= 15 is 0 Å². The summed E-state index contributed by atoms with van der Waals surface area (Å²) in [6.07, 6.45) is -4.60. The average Bonchev–Trinajstić information content (AvgIpc) is 2.40. The molecule has 4 nitrogen and oxygen atoms in total. The van der Waals surface area contributed by atoms with Crippen LogP contribution < -0.4 is 10.5 Å². The lowest BCUT2D eigenvalue weighted by molar-refractivity contribution is -0.137. The van der Waals surface area contributed by atoms with Gasteiger partial charge in [-0.1, -0.05) is 12.1 Å². The van der Waals surface area contributed by atoms with Gasteiger partial charge in [-0.05, 0) is 30.3 Å². The monoisotopic (exact) mass is 334 g/mol. The second-order valence-electron chi connectivity index (χ2n) is 4.34. The normalized spacial score (nSPS) is 12.2. The lowest BCUT2D eigenvalue weighted by Gasteiger charge is -2.13. The van der Waals surface area contributed by atoms with Crippen LogP contribution in [0.5, 0.6) is 0 Å². The van der Waals surface area contributed by atoms with Crippen molar-refractivity contribution in [3.05, 3.63) is 53.8 Å². The molecule has 9 heteroatoms. The van der Waals surface area contributed by atoms with Crippen LogP contribution in [0.3, 0.4) is 0 Å². The first kappa shape index (κ1) is 16.1. The van der Waals surface area contributed by atoms with Crippen molar-refractivity contribution in [2.75, 3.05) is 10.5 Å². The summed E-state index contributed by atoms with van der Waals surface area (Å²) in [5.74, 6) is -0.986. The number of hydrogen-bond acceptors (Lipinski definition) is 3. The number of nitrogens with one attached hydrogen (secondary N) is 1. The van der Waals surface area contributed by atoms with Crippen molar-refractivity contribution in [2.24, 2.45) is 0 Å². The molecule has 0 radical (unpaired) electrons. The maximum Gasteiger partial charge on any atom is 0.416 e. The van der Waals surface area contributed by atoms with E-state index in [1.165, 1.54) is 12.1 Å². The van der Waals surface area contributed by atoms with Gasteiger partial charge >= 0.3 is 6.18 Å². The summed E-state index contributed by atoms with van der Waals surface area (Å²) in [5, 5.41) is 0. The van der Waals surface area contributed by atoms with Gasteiger partial charge in [-0.2, -0.15) is 13.2 Å². The van der Waals surface area contributed by atoms with Gasteiger partial charge in [0.2, 0.25) is 0 Å². The minimum Gasteiger partial charge on any atom is -0.397 e. The minimum absolute atomic E-state index is 0.267. The maximum absolute atomic E-state index is 13.5. The molecule has 0 aliphatic carbocycles. The van der Waals surface area contributed by atoms with E-state index in [4.69, 9.17) is 5.73 Å². The Morgan fingerprint density at radius 2 is 1.68 bits per heavy atom. The van der Waals surface area contributed by atoms with Gasteiger partial charge in [-0.3, -0.25) is 4.72 Å². The van der Waals surface area contributed by atoms with Crippen molar-refractivity contribution in [1.82, 2.24) is 0 Å². The molecule has 0 amide bonds. The maximum atomic E-state index is 13.5. The first-order valence-electron chi connectivity index (χ1n) is 5.85. The molecular weight excluding hydrogens is 324 g/mol. The van der Waals surface area contributed by atoms with Crippen molar-refractivity contribution < 1.29 is 26.0 Å². The van der Waals surface area contributed by atoms with Crippen molar-refractivity contribution in [1.29, 1.82) is 0 Å². The number of sulfonamides is 1. The molecule has 0 unspecified atom stereocenters. The molecule has 0 aromatic heterocycles. The second kappa shape index (κ2) is 5.48. The number of benzene rings is 2. The minimum atomic E-state index is -4.60. The third-order valence-electron chi connectivity index (χ3n) is 2.75. The molecule has 0 fully saturated rings. The third-order valence-corrected chi connectivity index (χ3v) is 4.15. The molecule has 0 bridgehead atoms. The number of nitrogen functional groups attached to an aromatic ring is 1. The van der Waals surface area contributed by atoms with Crippen LogP contribution in [0, 0.1) is 5.82 Å². The Balaban J connectivity index is 2.37. The summed E-state index contributed by atoms with van der Waals surface area (Å²) in [4.78, 5) is -0.630. The second-order valence-corrected chi connectivity index (χ2v) is 5.99. The molecule has 0 saturated heterocycles. The fourth-order valence-electron chi connectivity index (χ4n) is 1.69. The van der Waals surface area contributed by atoms with Crippen LogP contribution in [0.15, 0.2) is 47.4 Å². The third kappa shape index (κ3) is 3.30. The van der Waals surface area contributed by atoms with Crippen molar-refractivity contribution in [3.8, 4) is 0 Å². The average molecular weight is 334 g/mol. The van der Waals surface area contributed by atoms with Gasteiger partial charge in [0.05, 0.1) is 16.9 Å². The highest BCUT2D eigenvalue weighted by Crippen LogP contribution is 2.33. The molecule has 0 saturated carbocycles. The molecular formula is C13H10F4N2O2S. The summed E-state index contributed by atoms with van der Waals surface area (Å²) in [7, 11) is -4.30. The molecule has 2 aromatic carbocycles. The Hall–Kier alpha value is -2.29. The van der Waals surface area contributed by atoms with Gasteiger partial charge in [0, 0.05) is 0 Å².